The molecule has 0 fully saturated rings. The number of aromatic nitrogens is 1. The molecule has 0 bridgehead atoms. The number of rotatable bonds is 10. The Kier molecular flexibility index (Phi) is 8.56. The second-order valence-corrected chi connectivity index (χ2v) is 7.55. The number of hydrogen-bond acceptors (Lipinski definition) is 5. The van der Waals surface area contributed by atoms with E-state index in [1.165, 1.54) is 7.11 Å². The number of carbonyl (C=O) groups excluding carboxylic acids is 3. The van der Waals surface area contributed by atoms with Crippen LogP contribution in [-0.2, 0) is 16.5 Å². The van der Waals surface area contributed by atoms with Crippen molar-refractivity contribution in [1.82, 2.24) is 9.47 Å². The highest BCUT2D eigenvalue weighted by Crippen LogP contribution is 2.23. The third kappa shape index (κ3) is 5.61. The van der Waals surface area contributed by atoms with Gasteiger partial charge in [0.05, 0.1) is 13.7 Å². The van der Waals surface area contributed by atoms with Crippen LogP contribution in [0, 0.1) is 20.8 Å². The summed E-state index contributed by atoms with van der Waals surface area (Å²) in [6.45, 7) is 8.82. The Bertz CT molecular complexity index is 944. The smallest absolute Gasteiger partial charge is 0.354 e. The summed E-state index contributed by atoms with van der Waals surface area (Å²) in [6.07, 6.45) is 0.624. The lowest BCUT2D eigenvalue weighted by molar-refractivity contribution is 0.0588. The first-order valence-corrected chi connectivity index (χ1v) is 10.4. The van der Waals surface area contributed by atoms with Gasteiger partial charge in [0.2, 0.25) is 0 Å². The third-order valence-electron chi connectivity index (χ3n) is 5.43. The minimum atomic E-state index is -0.494. The maximum atomic E-state index is 13.3. The minimum absolute atomic E-state index is 0.0782. The van der Waals surface area contributed by atoms with Gasteiger partial charge in [0.1, 0.15) is 5.69 Å². The predicted octanol–water partition coefficient (Wildman–Crippen LogP) is 3.49. The number of aryl methyl sites for hydroxylation is 1. The number of benzene rings is 1. The highest BCUT2D eigenvalue weighted by molar-refractivity contribution is 6.06. The van der Waals surface area contributed by atoms with Gasteiger partial charge in [0.15, 0.2) is 5.78 Å². The van der Waals surface area contributed by atoms with E-state index in [9.17, 15) is 14.4 Å². The van der Waals surface area contributed by atoms with Crippen LogP contribution in [0.5, 0.6) is 0 Å². The summed E-state index contributed by atoms with van der Waals surface area (Å²) in [6, 6.07) is 7.29. The fraction of sp³-hybridized carbons (Fsp3) is 0.458. The van der Waals surface area contributed by atoms with Crippen molar-refractivity contribution in [3.8, 4) is 0 Å². The molecule has 168 valence electrons. The van der Waals surface area contributed by atoms with Gasteiger partial charge in [-0.2, -0.15) is 0 Å². The summed E-state index contributed by atoms with van der Waals surface area (Å²) in [5, 5.41) is 0. The van der Waals surface area contributed by atoms with Crippen molar-refractivity contribution < 1.29 is 23.9 Å². The van der Waals surface area contributed by atoms with E-state index in [1.807, 2.05) is 26.0 Å². The van der Waals surface area contributed by atoms with Crippen LogP contribution in [0.3, 0.4) is 0 Å². The molecule has 7 heteroatoms. The van der Waals surface area contributed by atoms with E-state index in [-0.39, 0.29) is 18.2 Å². The Labute approximate surface area is 183 Å². The van der Waals surface area contributed by atoms with E-state index in [2.05, 4.69) is 0 Å². The van der Waals surface area contributed by atoms with Crippen molar-refractivity contribution >= 4 is 17.7 Å². The third-order valence-corrected chi connectivity index (χ3v) is 5.43. The lowest BCUT2D eigenvalue weighted by atomic mass is 10.0. The number of carbonyl (C=O) groups is 3. The molecule has 1 aromatic carbocycles. The topological polar surface area (TPSA) is 77.8 Å². The average molecular weight is 429 g/mol. The van der Waals surface area contributed by atoms with Crippen molar-refractivity contribution in [1.29, 1.82) is 0 Å². The van der Waals surface area contributed by atoms with Crippen molar-refractivity contribution in [2.24, 2.45) is 7.05 Å². The molecule has 0 N–H and O–H groups in total. The molecule has 1 heterocycles. The Morgan fingerprint density at radius 1 is 1.06 bits per heavy atom. The van der Waals surface area contributed by atoms with Gasteiger partial charge in [-0.1, -0.05) is 17.7 Å². The highest BCUT2D eigenvalue weighted by Gasteiger charge is 2.27. The molecule has 0 spiro atoms. The molecule has 1 aromatic heterocycles. The summed E-state index contributed by atoms with van der Waals surface area (Å²) in [4.78, 5) is 40.1. The molecule has 1 amide bonds. The lowest BCUT2D eigenvalue weighted by Gasteiger charge is -2.22. The van der Waals surface area contributed by atoms with Crippen LogP contribution in [0.4, 0.5) is 0 Å². The predicted molar refractivity (Wildman–Crippen MR) is 119 cm³/mol. The molecular weight excluding hydrogens is 396 g/mol. The molecule has 0 saturated heterocycles. The van der Waals surface area contributed by atoms with Gasteiger partial charge >= 0.3 is 5.97 Å². The number of amides is 1. The van der Waals surface area contributed by atoms with Crippen molar-refractivity contribution in [2.45, 2.75) is 34.1 Å². The highest BCUT2D eigenvalue weighted by atomic mass is 16.5. The molecule has 0 unspecified atom stereocenters. The Balaban J connectivity index is 2.31. The van der Waals surface area contributed by atoms with E-state index < -0.39 is 5.97 Å². The van der Waals surface area contributed by atoms with E-state index in [4.69, 9.17) is 9.47 Å². The van der Waals surface area contributed by atoms with Crippen LogP contribution in [-0.4, -0.2) is 60.5 Å². The van der Waals surface area contributed by atoms with Crippen LogP contribution in [0.25, 0.3) is 0 Å². The first-order valence-electron chi connectivity index (χ1n) is 10.4. The number of methoxy groups -OCH3 is 1. The first-order chi connectivity index (χ1) is 14.7. The van der Waals surface area contributed by atoms with Gasteiger partial charge < -0.3 is 18.9 Å². The molecule has 2 aromatic rings. The van der Waals surface area contributed by atoms with Crippen LogP contribution in [0.15, 0.2) is 24.3 Å². The maximum absolute atomic E-state index is 13.3. The quantitative estimate of drug-likeness (QED) is 0.329. The van der Waals surface area contributed by atoms with Gasteiger partial charge in [0.25, 0.3) is 5.91 Å². The van der Waals surface area contributed by atoms with E-state index in [0.29, 0.717) is 54.3 Å². The molecule has 0 saturated carbocycles. The maximum Gasteiger partial charge on any atom is 0.354 e. The summed E-state index contributed by atoms with van der Waals surface area (Å²) in [5.41, 5.74) is 3.62. The van der Waals surface area contributed by atoms with Gasteiger partial charge in [-0.25, -0.2) is 4.79 Å². The number of ether oxygens (including phenoxy) is 2. The fourth-order valence-electron chi connectivity index (χ4n) is 3.66. The molecule has 31 heavy (non-hydrogen) atoms. The Morgan fingerprint density at radius 3 is 2.29 bits per heavy atom. The Morgan fingerprint density at radius 2 is 1.71 bits per heavy atom. The lowest BCUT2D eigenvalue weighted by Crippen LogP contribution is -2.37. The second-order valence-electron chi connectivity index (χ2n) is 7.55. The summed E-state index contributed by atoms with van der Waals surface area (Å²) >= 11 is 0. The van der Waals surface area contributed by atoms with E-state index in [1.54, 1.807) is 42.5 Å². The van der Waals surface area contributed by atoms with Gasteiger partial charge in [-0.05, 0) is 51.8 Å². The van der Waals surface area contributed by atoms with E-state index >= 15 is 0 Å². The molecular formula is C24H32N2O5. The largest absolute Gasteiger partial charge is 0.464 e. The van der Waals surface area contributed by atoms with Crippen LogP contribution < -0.4 is 0 Å². The van der Waals surface area contributed by atoms with Crippen LogP contribution in [0.2, 0.25) is 0 Å². The zero-order valence-electron chi connectivity index (χ0n) is 19.3. The number of nitrogens with zero attached hydrogens (tertiary/aromatic N) is 2. The zero-order valence-corrected chi connectivity index (χ0v) is 19.3. The van der Waals surface area contributed by atoms with Gasteiger partial charge in [-0.15, -0.1) is 0 Å². The van der Waals surface area contributed by atoms with Gasteiger partial charge in [0, 0.05) is 43.6 Å². The van der Waals surface area contributed by atoms with Crippen molar-refractivity contribution in [3.05, 3.63) is 57.9 Å². The zero-order chi connectivity index (χ0) is 23.1. The number of esters is 1. The molecule has 0 aliphatic carbocycles. The molecule has 0 radical (unpaired) electrons. The Hall–Kier alpha value is -2.93. The second kappa shape index (κ2) is 10.9. The minimum Gasteiger partial charge on any atom is -0.464 e. The van der Waals surface area contributed by atoms with Crippen molar-refractivity contribution in [3.63, 3.8) is 0 Å². The average Bonchev–Trinajstić information content (AvgIpc) is 2.98. The fourth-order valence-corrected chi connectivity index (χ4v) is 3.66. The molecule has 0 aliphatic heterocycles. The van der Waals surface area contributed by atoms with Crippen LogP contribution >= 0.6 is 0 Å². The number of Topliss-reactive ketones (excluding diaryl/α,β-unsaturated/α-hetero) is 1. The molecule has 7 nitrogen and oxygen atoms in total. The summed E-state index contributed by atoms with van der Waals surface area (Å²) in [7, 11) is 3.04. The SMILES string of the molecule is CCOCCCN(CC(=O)c1c(C)c(C(=O)OC)n(C)c1C)C(=O)c1ccc(C)cc1. The molecule has 2 rings (SSSR count). The van der Waals surface area contributed by atoms with Crippen molar-refractivity contribution in [2.75, 3.05) is 33.4 Å². The van der Waals surface area contributed by atoms with E-state index in [0.717, 1.165) is 5.56 Å². The number of hydrogen-bond donors (Lipinski definition) is 0. The normalized spacial score (nSPS) is 10.8. The molecule has 0 atom stereocenters. The summed E-state index contributed by atoms with van der Waals surface area (Å²) in [5.74, 6) is -0.909. The summed E-state index contributed by atoms with van der Waals surface area (Å²) < 4.78 is 11.9. The van der Waals surface area contributed by atoms with Gasteiger partial charge in [-0.3, -0.25) is 9.59 Å². The van der Waals surface area contributed by atoms with Crippen LogP contribution in [0.1, 0.15) is 61.4 Å². The monoisotopic (exact) mass is 428 g/mol. The standard InChI is InChI=1S/C24H32N2O5/c1-7-31-14-8-13-26(23(28)19-11-9-16(2)10-12-19)15-20(27)21-17(3)22(24(29)30-6)25(5)18(21)4/h9-12H,7-8,13-15H2,1-6H3. The number of ketones is 1. The first kappa shape index (κ1) is 24.3. The molecule has 0 aliphatic rings.